The fraction of sp³-hybridized carbons (Fsp3) is 0.100. The third-order valence-corrected chi connectivity index (χ3v) is 2.92. The van der Waals surface area contributed by atoms with Crippen molar-refractivity contribution in [3.8, 4) is 0 Å². The normalized spacial score (nSPS) is 10.2. The number of hydrogen-bond acceptors (Lipinski definition) is 5. The summed E-state index contributed by atoms with van der Waals surface area (Å²) in [5.41, 5.74) is 2.93. The molecule has 88 valence electrons. The third-order valence-electron chi connectivity index (χ3n) is 2.23. The van der Waals surface area contributed by atoms with Crippen LogP contribution in [0.5, 0.6) is 0 Å². The molecule has 6 nitrogen and oxygen atoms in total. The van der Waals surface area contributed by atoms with Crippen molar-refractivity contribution in [1.29, 1.82) is 0 Å². The monoisotopic (exact) mass is 250 g/mol. The van der Waals surface area contributed by atoms with Crippen molar-refractivity contribution in [3.05, 3.63) is 50.8 Å². The minimum atomic E-state index is -0.420. The van der Waals surface area contributed by atoms with Crippen LogP contribution in [0.15, 0.2) is 34.7 Å². The van der Waals surface area contributed by atoms with E-state index in [0.717, 1.165) is 11.3 Å². The average molecular weight is 250 g/mol. The van der Waals surface area contributed by atoms with Crippen LogP contribution >= 0.6 is 11.3 Å². The standard InChI is InChI=1S/C10H10N4O2S/c11-13-9(15)7-2-1-3-12-8(7)6-14-4-5-17-10(14)16/h1-5H,6,11H2,(H,13,15). The molecule has 0 aliphatic rings. The quantitative estimate of drug-likeness (QED) is 0.454. The SMILES string of the molecule is NNC(=O)c1cccnc1Cn1ccsc1=O. The van der Waals surface area contributed by atoms with Crippen molar-refractivity contribution in [2.24, 2.45) is 5.84 Å². The molecular weight excluding hydrogens is 240 g/mol. The zero-order chi connectivity index (χ0) is 12.3. The number of nitrogens with zero attached hydrogens (tertiary/aromatic N) is 2. The zero-order valence-electron chi connectivity index (χ0n) is 8.79. The van der Waals surface area contributed by atoms with Crippen molar-refractivity contribution >= 4 is 17.2 Å². The Kier molecular flexibility index (Phi) is 3.31. The lowest BCUT2D eigenvalue weighted by atomic mass is 10.2. The molecule has 3 N–H and O–H groups in total. The van der Waals surface area contributed by atoms with Crippen LogP contribution in [0.2, 0.25) is 0 Å². The number of nitrogens with two attached hydrogens (primary N) is 1. The molecule has 0 spiro atoms. The van der Waals surface area contributed by atoms with E-state index in [1.165, 1.54) is 4.57 Å². The van der Waals surface area contributed by atoms with Crippen LogP contribution in [0.1, 0.15) is 16.1 Å². The second-order valence-electron chi connectivity index (χ2n) is 3.27. The van der Waals surface area contributed by atoms with E-state index in [-0.39, 0.29) is 11.4 Å². The fourth-order valence-electron chi connectivity index (χ4n) is 1.42. The number of hydrogen-bond donors (Lipinski definition) is 2. The molecule has 0 aliphatic carbocycles. The van der Waals surface area contributed by atoms with Crippen LogP contribution in [0.4, 0.5) is 0 Å². The summed E-state index contributed by atoms with van der Waals surface area (Å²) in [7, 11) is 0. The molecule has 1 amide bonds. The molecule has 0 radical (unpaired) electrons. The van der Waals surface area contributed by atoms with E-state index in [4.69, 9.17) is 5.84 Å². The summed E-state index contributed by atoms with van der Waals surface area (Å²) in [6.07, 6.45) is 3.23. The lowest BCUT2D eigenvalue weighted by Crippen LogP contribution is -2.31. The summed E-state index contributed by atoms with van der Waals surface area (Å²) in [4.78, 5) is 26.9. The molecular formula is C10H10N4O2S. The largest absolute Gasteiger partial charge is 0.307 e. The number of carbonyl (C=O) groups excluding carboxylic acids is 1. The number of nitrogen functional groups attached to an aromatic ring is 1. The summed E-state index contributed by atoms with van der Waals surface area (Å²) < 4.78 is 1.49. The van der Waals surface area contributed by atoms with Crippen molar-refractivity contribution in [3.63, 3.8) is 0 Å². The lowest BCUT2D eigenvalue weighted by molar-refractivity contribution is 0.0952. The van der Waals surface area contributed by atoms with Gasteiger partial charge in [-0.25, -0.2) is 5.84 Å². The van der Waals surface area contributed by atoms with Crippen LogP contribution in [-0.4, -0.2) is 15.5 Å². The Hall–Kier alpha value is -1.99. The molecule has 0 saturated heterocycles. The first-order valence-corrected chi connectivity index (χ1v) is 5.69. The number of carbonyl (C=O) groups is 1. The maximum Gasteiger partial charge on any atom is 0.307 e. The Morgan fingerprint density at radius 1 is 1.59 bits per heavy atom. The first kappa shape index (κ1) is 11.5. The maximum atomic E-state index is 11.5. The highest BCUT2D eigenvalue weighted by Gasteiger charge is 2.11. The van der Waals surface area contributed by atoms with E-state index in [1.807, 2.05) is 0 Å². The molecule has 0 aromatic carbocycles. The Balaban J connectivity index is 2.36. The summed E-state index contributed by atoms with van der Waals surface area (Å²) in [5.74, 6) is 4.66. The predicted octanol–water partition coefficient (Wildman–Crippen LogP) is -0.0434. The molecule has 0 fully saturated rings. The number of aromatic nitrogens is 2. The van der Waals surface area contributed by atoms with Gasteiger partial charge in [0.05, 0.1) is 17.8 Å². The summed E-state index contributed by atoms with van der Waals surface area (Å²) in [6, 6.07) is 3.26. The molecule has 0 atom stereocenters. The predicted molar refractivity (Wildman–Crippen MR) is 63.6 cm³/mol. The van der Waals surface area contributed by atoms with Gasteiger partial charge >= 0.3 is 4.87 Å². The van der Waals surface area contributed by atoms with E-state index < -0.39 is 5.91 Å². The van der Waals surface area contributed by atoms with Gasteiger partial charge in [-0.15, -0.1) is 0 Å². The van der Waals surface area contributed by atoms with E-state index >= 15 is 0 Å². The van der Waals surface area contributed by atoms with Crippen molar-refractivity contribution in [1.82, 2.24) is 15.0 Å². The zero-order valence-corrected chi connectivity index (χ0v) is 9.61. The minimum absolute atomic E-state index is 0.0882. The summed E-state index contributed by atoms with van der Waals surface area (Å²) in [5, 5.41) is 1.69. The van der Waals surface area contributed by atoms with E-state index in [1.54, 1.807) is 29.9 Å². The van der Waals surface area contributed by atoms with Crippen LogP contribution in [0, 0.1) is 0 Å². The summed E-state index contributed by atoms with van der Waals surface area (Å²) >= 11 is 1.10. The van der Waals surface area contributed by atoms with Gasteiger partial charge < -0.3 is 0 Å². The first-order chi connectivity index (χ1) is 8.22. The van der Waals surface area contributed by atoms with Gasteiger partial charge in [-0.05, 0) is 12.1 Å². The van der Waals surface area contributed by atoms with Gasteiger partial charge in [0.1, 0.15) is 0 Å². The topological polar surface area (TPSA) is 90.0 Å². The molecule has 2 aromatic heterocycles. The first-order valence-electron chi connectivity index (χ1n) is 4.81. The summed E-state index contributed by atoms with van der Waals surface area (Å²) in [6.45, 7) is 0.256. The van der Waals surface area contributed by atoms with Crippen LogP contribution < -0.4 is 16.1 Å². The molecule has 0 saturated carbocycles. The fourth-order valence-corrected chi connectivity index (χ4v) is 2.00. The minimum Gasteiger partial charge on any atom is -0.300 e. The van der Waals surface area contributed by atoms with Crippen LogP contribution in [0.25, 0.3) is 0 Å². The number of nitrogens with one attached hydrogen (secondary N) is 1. The maximum absolute atomic E-state index is 11.5. The number of pyridine rings is 1. The Morgan fingerprint density at radius 2 is 2.41 bits per heavy atom. The van der Waals surface area contributed by atoms with Crippen LogP contribution in [-0.2, 0) is 6.54 Å². The highest BCUT2D eigenvalue weighted by molar-refractivity contribution is 7.07. The number of thiazole rings is 1. The molecule has 2 heterocycles. The van der Waals surface area contributed by atoms with Gasteiger partial charge in [0.25, 0.3) is 5.91 Å². The molecule has 0 aliphatic heterocycles. The van der Waals surface area contributed by atoms with E-state index in [2.05, 4.69) is 10.4 Å². The van der Waals surface area contributed by atoms with Gasteiger partial charge in [-0.1, -0.05) is 11.3 Å². The van der Waals surface area contributed by atoms with Gasteiger partial charge in [0.2, 0.25) is 0 Å². The second-order valence-corrected chi connectivity index (χ2v) is 4.13. The van der Waals surface area contributed by atoms with E-state index in [0.29, 0.717) is 11.3 Å². The van der Waals surface area contributed by atoms with Crippen molar-refractivity contribution < 1.29 is 4.79 Å². The highest BCUT2D eigenvalue weighted by Crippen LogP contribution is 2.06. The number of rotatable bonds is 3. The molecule has 7 heteroatoms. The van der Waals surface area contributed by atoms with Crippen LogP contribution in [0.3, 0.4) is 0 Å². The molecule has 17 heavy (non-hydrogen) atoms. The third kappa shape index (κ3) is 2.40. The average Bonchev–Trinajstić information content (AvgIpc) is 2.75. The Labute approximate surface area is 101 Å². The Morgan fingerprint density at radius 3 is 3.06 bits per heavy atom. The van der Waals surface area contributed by atoms with Gasteiger partial charge in [-0.2, -0.15) is 0 Å². The highest BCUT2D eigenvalue weighted by atomic mass is 32.1. The smallest absolute Gasteiger partial charge is 0.300 e. The van der Waals surface area contributed by atoms with Crippen molar-refractivity contribution in [2.45, 2.75) is 6.54 Å². The van der Waals surface area contributed by atoms with E-state index in [9.17, 15) is 9.59 Å². The van der Waals surface area contributed by atoms with Crippen molar-refractivity contribution in [2.75, 3.05) is 0 Å². The van der Waals surface area contributed by atoms with Gasteiger partial charge in [0, 0.05) is 17.8 Å². The molecule has 2 rings (SSSR count). The molecule has 0 unspecified atom stereocenters. The lowest BCUT2D eigenvalue weighted by Gasteiger charge is -2.06. The molecule has 2 aromatic rings. The second kappa shape index (κ2) is 4.89. The number of hydrazine groups is 1. The van der Waals surface area contributed by atoms with Gasteiger partial charge in [-0.3, -0.25) is 24.6 Å². The van der Waals surface area contributed by atoms with Gasteiger partial charge in [0.15, 0.2) is 0 Å². The molecule has 0 bridgehead atoms. The number of amides is 1. The Bertz CT molecular complexity index is 590.